The first-order valence-electron chi connectivity index (χ1n) is 6.57. The first kappa shape index (κ1) is 13.7. The number of benzene rings is 1. The largest absolute Gasteiger partial charge is 0.379 e. The smallest absolute Gasteiger partial charge is 0.142 e. The predicted octanol–water partition coefficient (Wildman–Crippen LogP) is 3.92. The first-order chi connectivity index (χ1) is 10.4. The fourth-order valence-electron chi connectivity index (χ4n) is 2.01. The van der Waals surface area contributed by atoms with E-state index < -0.39 is 0 Å². The van der Waals surface area contributed by atoms with Gasteiger partial charge in [0.2, 0.25) is 0 Å². The molecule has 3 rings (SSSR count). The maximum Gasteiger partial charge on any atom is 0.142 e. The lowest BCUT2D eigenvalue weighted by Gasteiger charge is -2.00. The Labute approximate surface area is 127 Å². The molecule has 0 spiro atoms. The van der Waals surface area contributed by atoms with Gasteiger partial charge in [0.25, 0.3) is 0 Å². The third kappa shape index (κ3) is 3.26. The maximum absolute atomic E-state index is 5.16. The molecule has 0 unspecified atom stereocenters. The van der Waals surface area contributed by atoms with Crippen molar-refractivity contribution in [2.75, 3.05) is 12.4 Å². The van der Waals surface area contributed by atoms with E-state index in [4.69, 9.17) is 4.74 Å². The van der Waals surface area contributed by atoms with E-state index in [1.165, 1.54) is 0 Å². The molecular weight excluding hydrogens is 282 g/mol. The molecule has 0 aliphatic carbocycles. The molecule has 0 saturated carbocycles. The summed E-state index contributed by atoms with van der Waals surface area (Å²) in [6.45, 7) is 0.598. The monoisotopic (exact) mass is 297 g/mol. The molecule has 21 heavy (non-hydrogen) atoms. The van der Waals surface area contributed by atoms with E-state index in [9.17, 15) is 0 Å². The number of anilines is 1. The van der Waals surface area contributed by atoms with Crippen LogP contribution < -0.4 is 5.32 Å². The Morgan fingerprint density at radius 2 is 2.10 bits per heavy atom. The minimum atomic E-state index is 0.598. The molecule has 0 atom stereocenters. The fraction of sp³-hybridized carbons (Fsp3) is 0.125. The summed E-state index contributed by atoms with van der Waals surface area (Å²) in [5.74, 6) is 0.811. The Morgan fingerprint density at radius 3 is 2.90 bits per heavy atom. The van der Waals surface area contributed by atoms with Crippen LogP contribution in [0.4, 0.5) is 5.82 Å². The van der Waals surface area contributed by atoms with Crippen molar-refractivity contribution in [3.63, 3.8) is 0 Å². The van der Waals surface area contributed by atoms with Crippen LogP contribution in [-0.2, 0) is 11.3 Å². The molecule has 1 aromatic carbocycles. The second kappa shape index (κ2) is 6.47. The topological polar surface area (TPSA) is 47.0 Å². The van der Waals surface area contributed by atoms with Gasteiger partial charge in [-0.15, -0.1) is 11.3 Å². The van der Waals surface area contributed by atoms with Gasteiger partial charge < -0.3 is 10.1 Å². The summed E-state index contributed by atoms with van der Waals surface area (Å²) in [5, 5.41) is 4.25. The van der Waals surface area contributed by atoms with Crippen molar-refractivity contribution in [3.8, 4) is 0 Å². The lowest BCUT2D eigenvalue weighted by Crippen LogP contribution is -1.92. The Balaban J connectivity index is 1.82. The van der Waals surface area contributed by atoms with Gasteiger partial charge in [-0.05, 0) is 17.7 Å². The molecule has 0 aliphatic heterocycles. The zero-order valence-corrected chi connectivity index (χ0v) is 12.4. The third-order valence-corrected chi connectivity index (χ3v) is 3.98. The number of nitrogens with one attached hydrogen (secondary N) is 1. The number of rotatable bonds is 5. The lowest BCUT2D eigenvalue weighted by molar-refractivity contribution is 0.187. The number of aromatic nitrogens is 2. The van der Waals surface area contributed by atoms with Gasteiger partial charge in [-0.25, -0.2) is 9.97 Å². The lowest BCUT2D eigenvalue weighted by atomic mass is 10.2. The normalized spacial score (nSPS) is 11.3. The number of hydrogen-bond donors (Lipinski definition) is 1. The highest BCUT2D eigenvalue weighted by Crippen LogP contribution is 2.28. The van der Waals surface area contributed by atoms with E-state index in [1.807, 2.05) is 30.5 Å². The predicted molar refractivity (Wildman–Crippen MR) is 87.2 cm³/mol. The summed E-state index contributed by atoms with van der Waals surface area (Å²) >= 11 is 1.63. The number of nitrogens with zero attached hydrogens (tertiary/aromatic N) is 2. The third-order valence-electron chi connectivity index (χ3n) is 2.96. The quantitative estimate of drug-likeness (QED) is 0.775. The van der Waals surface area contributed by atoms with Crippen LogP contribution in [0, 0.1) is 0 Å². The summed E-state index contributed by atoms with van der Waals surface area (Å²) in [7, 11) is 1.69. The van der Waals surface area contributed by atoms with Crippen LogP contribution in [0.25, 0.3) is 16.3 Å². The van der Waals surface area contributed by atoms with Gasteiger partial charge in [-0.3, -0.25) is 0 Å². The highest BCUT2D eigenvalue weighted by atomic mass is 32.1. The zero-order chi connectivity index (χ0) is 14.5. The number of hydrogen-bond acceptors (Lipinski definition) is 5. The molecule has 0 fully saturated rings. The van der Waals surface area contributed by atoms with E-state index in [0.29, 0.717) is 6.61 Å². The molecule has 5 heteroatoms. The molecule has 0 radical (unpaired) electrons. The van der Waals surface area contributed by atoms with Crippen LogP contribution in [0.2, 0.25) is 0 Å². The summed E-state index contributed by atoms with van der Waals surface area (Å²) < 4.78 is 5.16. The first-order valence-corrected chi connectivity index (χ1v) is 7.39. The van der Waals surface area contributed by atoms with Crippen molar-refractivity contribution in [1.29, 1.82) is 0 Å². The maximum atomic E-state index is 5.16. The van der Waals surface area contributed by atoms with Gasteiger partial charge in [-0.2, -0.15) is 0 Å². The van der Waals surface area contributed by atoms with Gasteiger partial charge in [0.05, 0.1) is 12.0 Å². The molecule has 106 valence electrons. The number of ether oxygens (including phenoxy) is 1. The Bertz CT molecular complexity index is 753. The highest BCUT2D eigenvalue weighted by molar-refractivity contribution is 7.18. The molecule has 2 heterocycles. The molecule has 0 amide bonds. The van der Waals surface area contributed by atoms with Crippen molar-refractivity contribution < 1.29 is 4.74 Å². The van der Waals surface area contributed by atoms with Crippen LogP contribution in [0.1, 0.15) is 10.4 Å². The van der Waals surface area contributed by atoms with Gasteiger partial charge >= 0.3 is 0 Å². The molecule has 1 N–H and O–H groups in total. The fourth-order valence-corrected chi connectivity index (χ4v) is 2.98. The molecular formula is C16H15N3OS. The van der Waals surface area contributed by atoms with Crippen molar-refractivity contribution in [2.24, 2.45) is 0 Å². The van der Waals surface area contributed by atoms with Gasteiger partial charge in [-0.1, -0.05) is 30.3 Å². The molecule has 2 aromatic heterocycles. The second-order valence-electron chi connectivity index (χ2n) is 4.48. The van der Waals surface area contributed by atoms with Crippen LogP contribution in [0.3, 0.4) is 0 Å². The van der Waals surface area contributed by atoms with E-state index >= 15 is 0 Å². The van der Waals surface area contributed by atoms with Crippen molar-refractivity contribution in [3.05, 3.63) is 59.4 Å². The van der Waals surface area contributed by atoms with E-state index in [-0.39, 0.29) is 0 Å². The van der Waals surface area contributed by atoms with Crippen LogP contribution >= 0.6 is 11.3 Å². The standard InChI is InChI=1S/C16H15N3OS/c1-20-10-13-9-14-15(18-11-19-16(14)21-13)17-8-7-12-5-3-2-4-6-12/h2-9,11H,10H2,1H3,(H,17,18,19). The van der Waals surface area contributed by atoms with E-state index in [1.54, 1.807) is 24.8 Å². The van der Waals surface area contributed by atoms with Gasteiger partial charge in [0, 0.05) is 18.2 Å². The molecule has 0 saturated heterocycles. The second-order valence-corrected chi connectivity index (χ2v) is 5.59. The van der Waals surface area contributed by atoms with Crippen LogP contribution in [-0.4, -0.2) is 17.1 Å². The average molecular weight is 297 g/mol. The van der Waals surface area contributed by atoms with Crippen LogP contribution in [0.5, 0.6) is 0 Å². The van der Waals surface area contributed by atoms with Crippen LogP contribution in [0.15, 0.2) is 48.9 Å². The summed E-state index contributed by atoms with van der Waals surface area (Å²) in [5.41, 5.74) is 1.14. The molecule has 0 bridgehead atoms. The van der Waals surface area contributed by atoms with Crippen molar-refractivity contribution in [1.82, 2.24) is 9.97 Å². The van der Waals surface area contributed by atoms with Crippen molar-refractivity contribution >= 4 is 33.4 Å². The molecule has 4 nitrogen and oxygen atoms in total. The number of fused-ring (bicyclic) bond motifs is 1. The number of methoxy groups -OCH3 is 1. The SMILES string of the molecule is COCc1cc2c(NC=Cc3ccccc3)ncnc2s1. The summed E-state index contributed by atoms with van der Waals surface area (Å²) in [6.07, 6.45) is 5.48. The molecule has 3 aromatic rings. The Morgan fingerprint density at radius 1 is 1.24 bits per heavy atom. The zero-order valence-electron chi connectivity index (χ0n) is 11.6. The number of thiophene rings is 1. The van der Waals surface area contributed by atoms with E-state index in [0.717, 1.165) is 26.5 Å². The van der Waals surface area contributed by atoms with Gasteiger partial charge in [0.1, 0.15) is 17.0 Å². The minimum Gasteiger partial charge on any atom is -0.379 e. The Kier molecular flexibility index (Phi) is 4.23. The average Bonchev–Trinajstić information content (AvgIpc) is 2.92. The highest BCUT2D eigenvalue weighted by Gasteiger charge is 2.07. The van der Waals surface area contributed by atoms with E-state index in [2.05, 4.69) is 33.5 Å². The summed E-state index contributed by atoms with van der Waals surface area (Å²) in [4.78, 5) is 10.7. The Hall–Kier alpha value is -2.24. The minimum absolute atomic E-state index is 0.598. The summed E-state index contributed by atoms with van der Waals surface area (Å²) in [6, 6.07) is 12.2. The van der Waals surface area contributed by atoms with Crippen molar-refractivity contribution in [2.45, 2.75) is 6.61 Å². The molecule has 0 aliphatic rings. The van der Waals surface area contributed by atoms with Gasteiger partial charge in [0.15, 0.2) is 0 Å².